The Morgan fingerprint density at radius 2 is 1.60 bits per heavy atom. The standard InChI is InChI=1S/C22H24Cl4N2O2/c1-4-13(2)27-22(30)14(3)28(12-15-8-9-19(25)20(26)10-15)21(29)11-16-17(23)6-5-7-18(16)24/h5-10,13-14H,4,11-12H2,1-3H3,(H,27,30)/t13-,14+/m1/s1. The zero-order chi connectivity index (χ0) is 22.4. The van der Waals surface area contributed by atoms with Gasteiger partial charge in [-0.3, -0.25) is 9.59 Å². The Hall–Kier alpha value is -1.46. The van der Waals surface area contributed by atoms with Crippen molar-refractivity contribution in [2.45, 2.75) is 52.2 Å². The minimum Gasteiger partial charge on any atom is -0.352 e. The van der Waals surface area contributed by atoms with Gasteiger partial charge < -0.3 is 10.2 Å². The fourth-order valence-corrected chi connectivity index (χ4v) is 3.69. The molecule has 0 saturated carbocycles. The zero-order valence-electron chi connectivity index (χ0n) is 17.0. The van der Waals surface area contributed by atoms with Crippen LogP contribution in [0.25, 0.3) is 0 Å². The molecular formula is C22H24Cl4N2O2. The van der Waals surface area contributed by atoms with Crippen LogP contribution in [0.2, 0.25) is 20.1 Å². The topological polar surface area (TPSA) is 49.4 Å². The van der Waals surface area contributed by atoms with E-state index in [1.165, 1.54) is 4.90 Å². The number of hydrogen-bond donors (Lipinski definition) is 1. The van der Waals surface area contributed by atoms with Crippen LogP contribution in [0.1, 0.15) is 38.3 Å². The summed E-state index contributed by atoms with van der Waals surface area (Å²) in [5.41, 5.74) is 1.28. The van der Waals surface area contributed by atoms with Crippen molar-refractivity contribution in [3.8, 4) is 0 Å². The highest BCUT2D eigenvalue weighted by Crippen LogP contribution is 2.27. The quantitative estimate of drug-likeness (QED) is 0.481. The summed E-state index contributed by atoms with van der Waals surface area (Å²) in [6.07, 6.45) is 0.759. The Morgan fingerprint density at radius 1 is 0.967 bits per heavy atom. The van der Waals surface area contributed by atoms with Gasteiger partial charge in [-0.2, -0.15) is 0 Å². The van der Waals surface area contributed by atoms with Gasteiger partial charge in [0.2, 0.25) is 11.8 Å². The predicted octanol–water partition coefficient (Wildman–Crippen LogP) is 6.17. The molecule has 2 amide bonds. The summed E-state index contributed by atoms with van der Waals surface area (Å²) in [4.78, 5) is 27.5. The predicted molar refractivity (Wildman–Crippen MR) is 125 cm³/mol. The van der Waals surface area contributed by atoms with Gasteiger partial charge in [-0.25, -0.2) is 0 Å². The summed E-state index contributed by atoms with van der Waals surface area (Å²) < 4.78 is 0. The first-order valence-corrected chi connectivity index (χ1v) is 11.1. The van der Waals surface area contributed by atoms with Gasteiger partial charge >= 0.3 is 0 Å². The Balaban J connectivity index is 2.32. The van der Waals surface area contributed by atoms with Crippen molar-refractivity contribution in [2.75, 3.05) is 0 Å². The fraction of sp³-hybridized carbons (Fsp3) is 0.364. The number of halogens is 4. The molecule has 0 aliphatic heterocycles. The van der Waals surface area contributed by atoms with Crippen molar-refractivity contribution in [2.24, 2.45) is 0 Å². The number of nitrogens with zero attached hydrogens (tertiary/aromatic N) is 1. The molecule has 2 rings (SSSR count). The smallest absolute Gasteiger partial charge is 0.242 e. The van der Waals surface area contributed by atoms with E-state index in [4.69, 9.17) is 46.4 Å². The van der Waals surface area contributed by atoms with Crippen LogP contribution in [0.3, 0.4) is 0 Å². The van der Waals surface area contributed by atoms with E-state index >= 15 is 0 Å². The maximum Gasteiger partial charge on any atom is 0.242 e. The normalized spacial score (nSPS) is 12.9. The fourth-order valence-electron chi connectivity index (χ4n) is 2.84. The number of amides is 2. The number of rotatable bonds is 8. The summed E-state index contributed by atoms with van der Waals surface area (Å²) in [6.45, 7) is 5.78. The van der Waals surface area contributed by atoms with Gasteiger partial charge in [0.05, 0.1) is 16.5 Å². The van der Waals surface area contributed by atoms with Crippen LogP contribution < -0.4 is 5.32 Å². The highest BCUT2D eigenvalue weighted by molar-refractivity contribution is 6.42. The molecule has 0 heterocycles. The molecule has 0 unspecified atom stereocenters. The van der Waals surface area contributed by atoms with Crippen LogP contribution >= 0.6 is 46.4 Å². The van der Waals surface area contributed by atoms with Gasteiger partial charge in [0.25, 0.3) is 0 Å². The monoisotopic (exact) mass is 488 g/mol. The van der Waals surface area contributed by atoms with Gasteiger partial charge in [0.1, 0.15) is 6.04 Å². The Labute approximate surface area is 197 Å². The average molecular weight is 490 g/mol. The van der Waals surface area contributed by atoms with E-state index in [9.17, 15) is 9.59 Å². The summed E-state index contributed by atoms with van der Waals surface area (Å²) in [5.74, 6) is -0.508. The molecule has 30 heavy (non-hydrogen) atoms. The first-order chi connectivity index (χ1) is 14.1. The van der Waals surface area contributed by atoms with Gasteiger partial charge in [-0.05, 0) is 55.7 Å². The number of carbonyl (C=O) groups excluding carboxylic acids is 2. The van der Waals surface area contributed by atoms with Gasteiger partial charge in [-0.15, -0.1) is 0 Å². The largest absolute Gasteiger partial charge is 0.352 e. The molecule has 0 saturated heterocycles. The van der Waals surface area contributed by atoms with Crippen LogP contribution in [0.15, 0.2) is 36.4 Å². The maximum absolute atomic E-state index is 13.2. The second-order valence-corrected chi connectivity index (χ2v) is 8.77. The number of nitrogens with one attached hydrogen (secondary N) is 1. The van der Waals surface area contributed by atoms with Crippen molar-refractivity contribution >= 4 is 58.2 Å². The molecule has 0 fully saturated rings. The minimum absolute atomic E-state index is 0.000101. The Morgan fingerprint density at radius 3 is 2.17 bits per heavy atom. The third-order valence-corrected chi connectivity index (χ3v) is 6.34. The molecule has 4 nitrogen and oxygen atoms in total. The van der Waals surface area contributed by atoms with Gasteiger partial charge in [0, 0.05) is 22.6 Å². The first-order valence-electron chi connectivity index (χ1n) is 9.60. The van der Waals surface area contributed by atoms with Crippen molar-refractivity contribution in [1.82, 2.24) is 10.2 Å². The van der Waals surface area contributed by atoms with E-state index in [-0.39, 0.29) is 30.8 Å². The highest BCUT2D eigenvalue weighted by atomic mass is 35.5. The summed E-state index contributed by atoms with van der Waals surface area (Å²) >= 11 is 24.6. The SMILES string of the molecule is CC[C@@H](C)NC(=O)[C@H](C)N(Cc1ccc(Cl)c(Cl)c1)C(=O)Cc1c(Cl)cccc1Cl. The van der Waals surface area contributed by atoms with E-state index in [0.717, 1.165) is 12.0 Å². The van der Waals surface area contributed by atoms with Gasteiger partial charge in [-0.1, -0.05) is 65.5 Å². The van der Waals surface area contributed by atoms with E-state index in [2.05, 4.69) is 5.32 Å². The number of benzene rings is 2. The van der Waals surface area contributed by atoms with E-state index in [1.807, 2.05) is 13.8 Å². The molecule has 0 bridgehead atoms. The zero-order valence-corrected chi connectivity index (χ0v) is 20.0. The van der Waals surface area contributed by atoms with Crippen LogP contribution in [-0.2, 0) is 22.6 Å². The van der Waals surface area contributed by atoms with Crippen LogP contribution in [-0.4, -0.2) is 28.8 Å². The second-order valence-electron chi connectivity index (χ2n) is 7.14. The van der Waals surface area contributed by atoms with Crippen LogP contribution in [0, 0.1) is 0 Å². The molecule has 8 heteroatoms. The molecule has 0 radical (unpaired) electrons. The molecule has 0 aliphatic rings. The molecule has 2 aromatic carbocycles. The molecule has 2 aromatic rings. The lowest BCUT2D eigenvalue weighted by Crippen LogP contribution is -2.49. The summed E-state index contributed by atoms with van der Waals surface area (Å²) in [7, 11) is 0. The summed E-state index contributed by atoms with van der Waals surface area (Å²) in [5, 5.41) is 4.54. The third-order valence-electron chi connectivity index (χ3n) is 4.89. The van der Waals surface area contributed by atoms with Crippen molar-refractivity contribution < 1.29 is 9.59 Å². The molecule has 2 atom stereocenters. The van der Waals surface area contributed by atoms with E-state index in [1.54, 1.807) is 43.3 Å². The molecule has 0 aromatic heterocycles. The number of carbonyl (C=O) groups is 2. The van der Waals surface area contributed by atoms with Crippen molar-refractivity contribution in [1.29, 1.82) is 0 Å². The average Bonchev–Trinajstić information content (AvgIpc) is 2.70. The lowest BCUT2D eigenvalue weighted by Gasteiger charge is -2.30. The maximum atomic E-state index is 13.2. The lowest BCUT2D eigenvalue weighted by molar-refractivity contribution is -0.140. The Bertz CT molecular complexity index is 900. The van der Waals surface area contributed by atoms with Crippen molar-refractivity contribution in [3.63, 3.8) is 0 Å². The third kappa shape index (κ3) is 6.52. The molecular weight excluding hydrogens is 466 g/mol. The van der Waals surface area contributed by atoms with Crippen LogP contribution in [0.5, 0.6) is 0 Å². The van der Waals surface area contributed by atoms with E-state index in [0.29, 0.717) is 25.7 Å². The van der Waals surface area contributed by atoms with Gasteiger partial charge in [0.15, 0.2) is 0 Å². The highest BCUT2D eigenvalue weighted by Gasteiger charge is 2.28. The van der Waals surface area contributed by atoms with E-state index < -0.39 is 6.04 Å². The molecule has 162 valence electrons. The first kappa shape index (κ1) is 24.8. The Kier molecular flexibility index (Phi) is 9.30. The van der Waals surface area contributed by atoms with Crippen LogP contribution in [0.4, 0.5) is 0 Å². The summed E-state index contributed by atoms with van der Waals surface area (Å²) in [6, 6.07) is 9.49. The lowest BCUT2D eigenvalue weighted by atomic mass is 10.1. The van der Waals surface area contributed by atoms with Crippen molar-refractivity contribution in [3.05, 3.63) is 67.6 Å². The number of hydrogen-bond acceptors (Lipinski definition) is 2. The minimum atomic E-state index is -0.706. The molecule has 0 aliphatic carbocycles. The molecule has 1 N–H and O–H groups in total. The molecule has 0 spiro atoms. The second kappa shape index (κ2) is 11.2.